The van der Waals surface area contributed by atoms with Crippen molar-refractivity contribution in [3.05, 3.63) is 24.3 Å². The van der Waals surface area contributed by atoms with Crippen LogP contribution in [0.3, 0.4) is 0 Å². The summed E-state index contributed by atoms with van der Waals surface area (Å²) in [5, 5.41) is 2.95. The molecule has 3 fully saturated rings. The van der Waals surface area contributed by atoms with Gasteiger partial charge >= 0.3 is 0 Å². The van der Waals surface area contributed by atoms with E-state index in [-0.39, 0.29) is 23.7 Å². The summed E-state index contributed by atoms with van der Waals surface area (Å²) in [7, 11) is 2.14. The van der Waals surface area contributed by atoms with Crippen molar-refractivity contribution in [2.75, 3.05) is 69.6 Å². The van der Waals surface area contributed by atoms with Crippen molar-refractivity contribution in [2.24, 2.45) is 11.8 Å². The van der Waals surface area contributed by atoms with Crippen LogP contribution in [0.25, 0.3) is 0 Å². The maximum absolute atomic E-state index is 12.6. The number of nitrogens with one attached hydrogen (secondary N) is 1. The zero-order chi connectivity index (χ0) is 20.4. The second kappa shape index (κ2) is 8.41. The van der Waals surface area contributed by atoms with E-state index >= 15 is 0 Å². The molecule has 3 aliphatic rings. The number of hydrogen-bond acceptors (Lipinski definition) is 5. The van der Waals surface area contributed by atoms with Gasteiger partial charge in [-0.15, -0.1) is 0 Å². The van der Waals surface area contributed by atoms with E-state index in [1.54, 1.807) is 9.80 Å². The van der Waals surface area contributed by atoms with Crippen LogP contribution in [0.5, 0.6) is 0 Å². The molecule has 2 heterocycles. The van der Waals surface area contributed by atoms with Gasteiger partial charge < -0.3 is 24.9 Å². The number of carbonyl (C=O) groups is 3. The number of benzene rings is 1. The number of nitrogens with zero attached hydrogens (tertiary/aromatic N) is 4. The molecule has 1 aromatic carbocycles. The number of rotatable bonds is 5. The van der Waals surface area contributed by atoms with Gasteiger partial charge in [0.05, 0.1) is 11.8 Å². The molecule has 156 valence electrons. The Labute approximate surface area is 171 Å². The summed E-state index contributed by atoms with van der Waals surface area (Å²) in [6.45, 7) is 6.37. The molecule has 8 heteroatoms. The summed E-state index contributed by atoms with van der Waals surface area (Å²) >= 11 is 0. The molecule has 0 bridgehead atoms. The summed E-state index contributed by atoms with van der Waals surface area (Å²) in [4.78, 5) is 44.0. The Morgan fingerprint density at radius 2 is 1.59 bits per heavy atom. The van der Waals surface area contributed by atoms with Gasteiger partial charge in [0, 0.05) is 63.7 Å². The van der Waals surface area contributed by atoms with Gasteiger partial charge in [-0.2, -0.15) is 0 Å². The first-order chi connectivity index (χ1) is 14.0. The number of anilines is 2. The quantitative estimate of drug-likeness (QED) is 0.722. The normalized spacial score (nSPS) is 24.9. The molecule has 0 aromatic heterocycles. The van der Waals surface area contributed by atoms with E-state index in [2.05, 4.69) is 22.2 Å². The summed E-state index contributed by atoms with van der Waals surface area (Å²) in [6.07, 6.45) is 1.43. The lowest BCUT2D eigenvalue weighted by atomic mass is 10.2. The zero-order valence-corrected chi connectivity index (χ0v) is 16.9. The summed E-state index contributed by atoms with van der Waals surface area (Å²) in [6, 6.07) is 7.96. The number of amides is 3. The Balaban J connectivity index is 1.26. The van der Waals surface area contributed by atoms with Gasteiger partial charge in [-0.3, -0.25) is 14.4 Å². The lowest BCUT2D eigenvalue weighted by Crippen LogP contribution is -2.48. The maximum Gasteiger partial charge on any atom is 0.228 e. The molecule has 4 rings (SSSR count). The van der Waals surface area contributed by atoms with E-state index < -0.39 is 0 Å². The lowest BCUT2D eigenvalue weighted by molar-refractivity contribution is -0.137. The Bertz CT molecular complexity index is 752. The molecule has 1 saturated carbocycles. The Hall–Kier alpha value is -2.61. The Morgan fingerprint density at radius 1 is 0.931 bits per heavy atom. The van der Waals surface area contributed by atoms with Crippen LogP contribution in [0.4, 0.5) is 11.4 Å². The third-order valence-corrected chi connectivity index (χ3v) is 6.22. The second-order valence-electron chi connectivity index (χ2n) is 8.24. The largest absolute Gasteiger partial charge is 0.369 e. The number of carbonyl (C=O) groups excluding carboxylic acids is 3. The van der Waals surface area contributed by atoms with Crippen LogP contribution in [-0.4, -0.2) is 92.3 Å². The fraction of sp³-hybridized carbons (Fsp3) is 0.571. The molecule has 2 aliphatic heterocycles. The minimum Gasteiger partial charge on any atom is -0.369 e. The second-order valence-corrected chi connectivity index (χ2v) is 8.24. The van der Waals surface area contributed by atoms with Crippen LogP contribution < -0.4 is 10.2 Å². The summed E-state index contributed by atoms with van der Waals surface area (Å²) in [5.41, 5.74) is 1.94. The van der Waals surface area contributed by atoms with Gasteiger partial charge in [-0.05, 0) is 37.7 Å². The minimum atomic E-state index is -0.246. The van der Waals surface area contributed by atoms with Gasteiger partial charge in [0.2, 0.25) is 18.2 Å². The monoisotopic (exact) mass is 399 g/mol. The first-order valence-electron chi connectivity index (χ1n) is 10.4. The predicted molar refractivity (Wildman–Crippen MR) is 111 cm³/mol. The third-order valence-electron chi connectivity index (χ3n) is 6.22. The topological polar surface area (TPSA) is 76.2 Å². The molecule has 1 aliphatic carbocycles. The molecule has 3 amide bonds. The van der Waals surface area contributed by atoms with Gasteiger partial charge in [0.1, 0.15) is 0 Å². The standard InChI is InChI=1S/C21H29N5O3/c1-23-6-10-25(11-7-23)17-4-2-16(3-5-17)22-20(28)18-14-19(18)21(29)26-12-8-24(15-27)9-13-26/h2-5,15,18-19H,6-14H2,1H3,(H,22,28). The van der Waals surface area contributed by atoms with E-state index in [1.165, 1.54) is 5.69 Å². The van der Waals surface area contributed by atoms with Gasteiger partial charge in [-0.1, -0.05) is 0 Å². The number of likely N-dealkylation sites (N-methyl/N-ethyl adjacent to an activating group) is 1. The highest BCUT2D eigenvalue weighted by Gasteiger charge is 2.49. The van der Waals surface area contributed by atoms with Gasteiger partial charge in [0.15, 0.2) is 0 Å². The molecular formula is C21H29N5O3. The molecule has 1 aromatic rings. The number of piperazine rings is 2. The highest BCUT2D eigenvalue weighted by molar-refractivity contribution is 5.99. The molecule has 0 spiro atoms. The van der Waals surface area contributed by atoms with Crippen molar-refractivity contribution >= 4 is 29.6 Å². The van der Waals surface area contributed by atoms with Crippen LogP contribution in [0.15, 0.2) is 24.3 Å². The smallest absolute Gasteiger partial charge is 0.228 e. The molecule has 2 saturated heterocycles. The van der Waals surface area contributed by atoms with Crippen LogP contribution in [0.2, 0.25) is 0 Å². The van der Waals surface area contributed by atoms with E-state index in [0.29, 0.717) is 32.6 Å². The molecule has 1 N–H and O–H groups in total. The minimum absolute atomic E-state index is 0.0427. The van der Waals surface area contributed by atoms with Gasteiger partial charge in [0.25, 0.3) is 0 Å². The van der Waals surface area contributed by atoms with Crippen molar-refractivity contribution in [2.45, 2.75) is 6.42 Å². The molecule has 0 radical (unpaired) electrons. The highest BCUT2D eigenvalue weighted by atomic mass is 16.2. The average molecular weight is 399 g/mol. The Kier molecular flexibility index (Phi) is 5.71. The van der Waals surface area contributed by atoms with Crippen molar-refractivity contribution in [3.8, 4) is 0 Å². The van der Waals surface area contributed by atoms with Crippen LogP contribution >= 0.6 is 0 Å². The maximum atomic E-state index is 12.6. The van der Waals surface area contributed by atoms with Crippen molar-refractivity contribution in [3.63, 3.8) is 0 Å². The summed E-state index contributed by atoms with van der Waals surface area (Å²) < 4.78 is 0. The highest BCUT2D eigenvalue weighted by Crippen LogP contribution is 2.41. The lowest BCUT2D eigenvalue weighted by Gasteiger charge is -2.34. The first kappa shape index (κ1) is 19.7. The van der Waals surface area contributed by atoms with E-state index in [0.717, 1.165) is 38.3 Å². The molecule has 2 atom stereocenters. The first-order valence-corrected chi connectivity index (χ1v) is 10.4. The summed E-state index contributed by atoms with van der Waals surface area (Å²) in [5.74, 6) is -0.505. The van der Waals surface area contributed by atoms with E-state index in [1.807, 2.05) is 24.3 Å². The molecule has 8 nitrogen and oxygen atoms in total. The third kappa shape index (κ3) is 4.53. The van der Waals surface area contributed by atoms with Gasteiger partial charge in [-0.25, -0.2) is 0 Å². The fourth-order valence-electron chi connectivity index (χ4n) is 4.10. The zero-order valence-electron chi connectivity index (χ0n) is 16.9. The van der Waals surface area contributed by atoms with Crippen LogP contribution in [0.1, 0.15) is 6.42 Å². The molecule has 2 unspecified atom stereocenters. The Morgan fingerprint density at radius 3 is 2.21 bits per heavy atom. The van der Waals surface area contributed by atoms with Crippen molar-refractivity contribution in [1.82, 2.24) is 14.7 Å². The van der Waals surface area contributed by atoms with Crippen molar-refractivity contribution in [1.29, 1.82) is 0 Å². The van der Waals surface area contributed by atoms with Crippen LogP contribution in [-0.2, 0) is 14.4 Å². The predicted octanol–water partition coefficient (Wildman–Crippen LogP) is 0.314. The van der Waals surface area contributed by atoms with Crippen LogP contribution in [0, 0.1) is 11.8 Å². The molecule has 29 heavy (non-hydrogen) atoms. The van der Waals surface area contributed by atoms with E-state index in [4.69, 9.17) is 0 Å². The van der Waals surface area contributed by atoms with E-state index in [9.17, 15) is 14.4 Å². The van der Waals surface area contributed by atoms with Crippen molar-refractivity contribution < 1.29 is 14.4 Å². The average Bonchev–Trinajstić information content (AvgIpc) is 3.56. The molecular weight excluding hydrogens is 370 g/mol. The SMILES string of the molecule is CN1CCN(c2ccc(NC(=O)C3CC3C(=O)N3CCN(C=O)CC3)cc2)CC1. The number of hydrogen-bond donors (Lipinski definition) is 1. The fourth-order valence-corrected chi connectivity index (χ4v) is 4.10.